The molecule has 140 valence electrons. The van der Waals surface area contributed by atoms with E-state index in [0.717, 1.165) is 27.7 Å². The lowest BCUT2D eigenvalue weighted by atomic mass is 10.1. The maximum Gasteiger partial charge on any atom is 0.173 e. The first kappa shape index (κ1) is 19.2. The molecule has 0 bridgehead atoms. The van der Waals surface area contributed by atoms with E-state index in [0.29, 0.717) is 17.9 Å². The number of nitrogens with zero attached hydrogens (tertiary/aromatic N) is 2. The Hall–Kier alpha value is -2.57. The number of rotatable bonds is 8. The number of Topliss-reactive ketones (excluding diaryl/α,β-unsaturated/α-hetero) is 1. The van der Waals surface area contributed by atoms with Crippen molar-refractivity contribution in [3.05, 3.63) is 77.1 Å². The van der Waals surface area contributed by atoms with E-state index in [2.05, 4.69) is 4.98 Å². The number of ether oxygens (including phenoxy) is 1. The van der Waals surface area contributed by atoms with Crippen molar-refractivity contribution in [2.45, 2.75) is 25.2 Å². The van der Waals surface area contributed by atoms with Gasteiger partial charge in [0.05, 0.1) is 31.4 Å². The molecule has 0 spiro atoms. The van der Waals surface area contributed by atoms with Crippen LogP contribution in [0.25, 0.3) is 0 Å². The molecule has 0 aliphatic heterocycles. The third kappa shape index (κ3) is 4.78. The average Bonchev–Trinajstić information content (AvgIpc) is 3.08. The number of ketones is 1. The number of thioether (sulfide) groups is 1. The second kappa shape index (κ2) is 8.88. The molecule has 3 rings (SSSR count). The zero-order valence-electron chi connectivity index (χ0n) is 15.4. The fourth-order valence-corrected chi connectivity index (χ4v) is 3.56. The van der Waals surface area contributed by atoms with E-state index in [1.54, 1.807) is 13.3 Å². The van der Waals surface area contributed by atoms with E-state index in [4.69, 9.17) is 4.74 Å². The van der Waals surface area contributed by atoms with Crippen LogP contribution in [0.3, 0.4) is 0 Å². The summed E-state index contributed by atoms with van der Waals surface area (Å²) in [6.45, 7) is 2.46. The van der Waals surface area contributed by atoms with Crippen molar-refractivity contribution >= 4 is 17.5 Å². The molecule has 0 saturated carbocycles. The molecule has 0 unspecified atom stereocenters. The van der Waals surface area contributed by atoms with Gasteiger partial charge in [-0.15, -0.1) is 0 Å². The van der Waals surface area contributed by atoms with Gasteiger partial charge in [0, 0.05) is 12.1 Å². The fourth-order valence-electron chi connectivity index (χ4n) is 2.67. The maximum atomic E-state index is 12.4. The second-order valence-corrected chi connectivity index (χ2v) is 7.14. The number of aromatic nitrogens is 2. The van der Waals surface area contributed by atoms with E-state index in [1.807, 2.05) is 60.0 Å². The molecular formula is C21H22N2O3S. The predicted octanol–water partition coefficient (Wildman–Crippen LogP) is 3.72. The van der Waals surface area contributed by atoms with Crippen LogP contribution in [-0.2, 0) is 13.2 Å². The molecule has 1 heterocycles. The van der Waals surface area contributed by atoms with Crippen LogP contribution < -0.4 is 4.74 Å². The number of benzene rings is 2. The van der Waals surface area contributed by atoms with Crippen molar-refractivity contribution in [1.29, 1.82) is 0 Å². The largest absolute Gasteiger partial charge is 0.497 e. The van der Waals surface area contributed by atoms with Crippen LogP contribution in [0.2, 0.25) is 0 Å². The number of hydrogen-bond acceptors (Lipinski definition) is 5. The maximum absolute atomic E-state index is 12.4. The summed E-state index contributed by atoms with van der Waals surface area (Å²) in [4.78, 5) is 16.8. The van der Waals surface area contributed by atoms with Crippen LogP contribution >= 0.6 is 11.8 Å². The van der Waals surface area contributed by atoms with Crippen LogP contribution in [0.15, 0.2) is 59.9 Å². The molecule has 3 aromatic rings. The standard InChI is InChI=1S/C21H22N2O3S/c1-15-3-7-17(8-4-15)20(25)14-27-21-22-11-18(13-24)23(21)12-16-5-9-19(26-2)10-6-16/h3-11,24H,12-14H2,1-2H3. The Bertz CT molecular complexity index is 902. The van der Waals surface area contributed by atoms with Gasteiger partial charge in [0.1, 0.15) is 5.75 Å². The number of carbonyl (C=O) groups excluding carboxylic acids is 1. The molecule has 0 radical (unpaired) electrons. The summed E-state index contributed by atoms with van der Waals surface area (Å²) in [5, 5.41) is 10.3. The lowest BCUT2D eigenvalue weighted by Gasteiger charge is -2.11. The topological polar surface area (TPSA) is 64.3 Å². The quantitative estimate of drug-likeness (QED) is 0.475. The van der Waals surface area contributed by atoms with Crippen LogP contribution in [-0.4, -0.2) is 33.3 Å². The molecule has 0 fully saturated rings. The Morgan fingerprint density at radius 3 is 2.48 bits per heavy atom. The summed E-state index contributed by atoms with van der Waals surface area (Å²) < 4.78 is 7.13. The highest BCUT2D eigenvalue weighted by Gasteiger charge is 2.13. The minimum absolute atomic E-state index is 0.0598. The average molecular weight is 382 g/mol. The first-order chi connectivity index (χ1) is 13.1. The third-order valence-corrected chi connectivity index (χ3v) is 5.26. The predicted molar refractivity (Wildman–Crippen MR) is 106 cm³/mol. The van der Waals surface area contributed by atoms with Gasteiger partial charge in [0.15, 0.2) is 10.9 Å². The zero-order valence-corrected chi connectivity index (χ0v) is 16.2. The molecule has 0 amide bonds. The van der Waals surface area contributed by atoms with Crippen LogP contribution in [0, 0.1) is 6.92 Å². The minimum atomic E-state index is -0.102. The van der Waals surface area contributed by atoms with Crippen LogP contribution in [0.1, 0.15) is 27.2 Å². The lowest BCUT2D eigenvalue weighted by Crippen LogP contribution is -2.08. The molecule has 6 heteroatoms. The van der Waals surface area contributed by atoms with Gasteiger partial charge in [0.25, 0.3) is 0 Å². The molecule has 0 saturated heterocycles. The Labute approximate surface area is 163 Å². The van der Waals surface area contributed by atoms with Crippen molar-refractivity contribution in [3.63, 3.8) is 0 Å². The van der Waals surface area contributed by atoms with Gasteiger partial charge in [-0.1, -0.05) is 53.7 Å². The van der Waals surface area contributed by atoms with Crippen molar-refractivity contribution in [2.75, 3.05) is 12.9 Å². The highest BCUT2D eigenvalue weighted by molar-refractivity contribution is 7.99. The van der Waals surface area contributed by atoms with E-state index in [-0.39, 0.29) is 12.4 Å². The number of aryl methyl sites for hydroxylation is 1. The number of methoxy groups -OCH3 is 1. The molecule has 0 atom stereocenters. The molecule has 1 N–H and O–H groups in total. The highest BCUT2D eigenvalue weighted by atomic mass is 32.2. The van der Waals surface area contributed by atoms with E-state index >= 15 is 0 Å². The highest BCUT2D eigenvalue weighted by Crippen LogP contribution is 2.22. The van der Waals surface area contributed by atoms with Crippen molar-refractivity contribution in [2.24, 2.45) is 0 Å². The first-order valence-electron chi connectivity index (χ1n) is 8.61. The monoisotopic (exact) mass is 382 g/mol. The van der Waals surface area contributed by atoms with Gasteiger partial charge >= 0.3 is 0 Å². The van der Waals surface area contributed by atoms with E-state index in [9.17, 15) is 9.90 Å². The van der Waals surface area contributed by atoms with Gasteiger partial charge in [-0.2, -0.15) is 0 Å². The summed E-state index contributed by atoms with van der Waals surface area (Å²) in [5.41, 5.74) is 3.61. The second-order valence-electron chi connectivity index (χ2n) is 6.20. The van der Waals surface area contributed by atoms with Gasteiger partial charge in [-0.25, -0.2) is 4.98 Å². The Kier molecular flexibility index (Phi) is 6.32. The van der Waals surface area contributed by atoms with Gasteiger partial charge < -0.3 is 14.4 Å². The van der Waals surface area contributed by atoms with Crippen molar-refractivity contribution in [3.8, 4) is 5.75 Å². The van der Waals surface area contributed by atoms with Crippen LogP contribution in [0.5, 0.6) is 5.75 Å². The zero-order chi connectivity index (χ0) is 19.2. The molecule has 1 aromatic heterocycles. The van der Waals surface area contributed by atoms with Gasteiger partial charge in [-0.3, -0.25) is 4.79 Å². The number of hydrogen-bond donors (Lipinski definition) is 1. The summed E-state index contributed by atoms with van der Waals surface area (Å²) in [5.74, 6) is 1.16. The molecule has 0 aliphatic rings. The number of imidazole rings is 1. The third-order valence-electron chi connectivity index (χ3n) is 4.27. The van der Waals surface area contributed by atoms with E-state index < -0.39 is 0 Å². The number of carbonyl (C=O) groups is 1. The Balaban J connectivity index is 1.72. The SMILES string of the molecule is COc1ccc(Cn2c(CO)cnc2SCC(=O)c2ccc(C)cc2)cc1. The Morgan fingerprint density at radius 2 is 1.85 bits per heavy atom. The van der Waals surface area contributed by atoms with Crippen LogP contribution in [0.4, 0.5) is 0 Å². The molecule has 2 aromatic carbocycles. The summed E-state index contributed by atoms with van der Waals surface area (Å²) in [6, 6.07) is 15.3. The molecule has 27 heavy (non-hydrogen) atoms. The number of aliphatic hydroxyl groups excluding tert-OH is 1. The van der Waals surface area contributed by atoms with Gasteiger partial charge in [-0.05, 0) is 24.6 Å². The normalized spacial score (nSPS) is 10.8. The summed E-state index contributed by atoms with van der Waals surface area (Å²) in [7, 11) is 1.63. The van der Waals surface area contributed by atoms with Gasteiger partial charge in [0.2, 0.25) is 0 Å². The van der Waals surface area contributed by atoms with Crippen molar-refractivity contribution < 1.29 is 14.6 Å². The van der Waals surface area contributed by atoms with E-state index in [1.165, 1.54) is 11.8 Å². The lowest BCUT2D eigenvalue weighted by molar-refractivity contribution is 0.102. The molecule has 5 nitrogen and oxygen atoms in total. The first-order valence-corrected chi connectivity index (χ1v) is 9.60. The Morgan fingerprint density at radius 1 is 1.15 bits per heavy atom. The molecular weight excluding hydrogens is 360 g/mol. The fraction of sp³-hybridized carbons (Fsp3) is 0.238. The smallest absolute Gasteiger partial charge is 0.173 e. The van der Waals surface area contributed by atoms with Crippen molar-refractivity contribution in [1.82, 2.24) is 9.55 Å². The summed E-state index contributed by atoms with van der Waals surface area (Å²) >= 11 is 1.38. The number of aliphatic hydroxyl groups is 1. The summed E-state index contributed by atoms with van der Waals surface area (Å²) in [6.07, 6.45) is 1.65. The molecule has 0 aliphatic carbocycles. The minimum Gasteiger partial charge on any atom is -0.497 e.